The average Bonchev–Trinajstić information content (AvgIpc) is 2.22. The number of hydrogen-bond acceptors (Lipinski definition) is 3. The Kier molecular flexibility index (Phi) is 6.43. The summed E-state index contributed by atoms with van der Waals surface area (Å²) >= 11 is 0. The molecule has 1 aromatic rings. The molecule has 0 atom stereocenters. The second kappa shape index (κ2) is 7.34. The van der Waals surface area contributed by atoms with Crippen molar-refractivity contribution < 1.29 is 19.7 Å². The van der Waals surface area contributed by atoms with E-state index in [-0.39, 0.29) is 11.3 Å². The lowest BCUT2D eigenvalue weighted by Crippen LogP contribution is -1.92. The van der Waals surface area contributed by atoms with Gasteiger partial charge in [0.1, 0.15) is 0 Å². The third-order valence-electron chi connectivity index (χ3n) is 1.53. The second-order valence-corrected chi connectivity index (χ2v) is 2.99. The van der Waals surface area contributed by atoms with Crippen LogP contribution in [0, 0.1) is 0 Å². The SMILES string of the molecule is C=C(C)C(=O)O.CCOc1ccccc1O. The number of phenols is 1. The van der Waals surface area contributed by atoms with E-state index < -0.39 is 5.97 Å². The van der Waals surface area contributed by atoms with Crippen molar-refractivity contribution in [1.29, 1.82) is 0 Å². The third kappa shape index (κ3) is 5.70. The maximum Gasteiger partial charge on any atom is 0.330 e. The van der Waals surface area contributed by atoms with Crippen LogP contribution in [0.1, 0.15) is 13.8 Å². The minimum atomic E-state index is -0.935. The monoisotopic (exact) mass is 224 g/mol. The fourth-order valence-corrected chi connectivity index (χ4v) is 0.735. The van der Waals surface area contributed by atoms with Crippen molar-refractivity contribution in [2.75, 3.05) is 6.61 Å². The summed E-state index contributed by atoms with van der Waals surface area (Å²) in [7, 11) is 0. The van der Waals surface area contributed by atoms with E-state index in [9.17, 15) is 4.79 Å². The summed E-state index contributed by atoms with van der Waals surface area (Å²) in [5.74, 6) is -0.190. The van der Waals surface area contributed by atoms with E-state index in [0.29, 0.717) is 12.4 Å². The maximum absolute atomic E-state index is 9.60. The van der Waals surface area contributed by atoms with Gasteiger partial charge < -0.3 is 14.9 Å². The number of para-hydroxylation sites is 2. The lowest BCUT2D eigenvalue weighted by atomic mass is 10.3. The summed E-state index contributed by atoms with van der Waals surface area (Å²) < 4.78 is 5.09. The van der Waals surface area contributed by atoms with Gasteiger partial charge in [0.05, 0.1) is 6.61 Å². The first kappa shape index (κ1) is 14.0. The van der Waals surface area contributed by atoms with Gasteiger partial charge in [0.15, 0.2) is 11.5 Å². The van der Waals surface area contributed by atoms with E-state index >= 15 is 0 Å². The largest absolute Gasteiger partial charge is 0.504 e. The van der Waals surface area contributed by atoms with Crippen LogP contribution in [0.4, 0.5) is 0 Å². The van der Waals surface area contributed by atoms with Gasteiger partial charge in [-0.2, -0.15) is 0 Å². The molecule has 0 aliphatic rings. The molecule has 0 spiro atoms. The zero-order valence-corrected chi connectivity index (χ0v) is 9.43. The smallest absolute Gasteiger partial charge is 0.330 e. The fourth-order valence-electron chi connectivity index (χ4n) is 0.735. The molecule has 16 heavy (non-hydrogen) atoms. The third-order valence-corrected chi connectivity index (χ3v) is 1.53. The Morgan fingerprint density at radius 3 is 2.31 bits per heavy atom. The maximum atomic E-state index is 9.60. The van der Waals surface area contributed by atoms with Gasteiger partial charge in [-0.05, 0) is 26.0 Å². The van der Waals surface area contributed by atoms with Gasteiger partial charge in [-0.25, -0.2) is 4.79 Å². The van der Waals surface area contributed by atoms with Crippen molar-refractivity contribution in [1.82, 2.24) is 0 Å². The zero-order valence-electron chi connectivity index (χ0n) is 9.43. The van der Waals surface area contributed by atoms with E-state index in [2.05, 4.69) is 6.58 Å². The van der Waals surface area contributed by atoms with Gasteiger partial charge in [0, 0.05) is 5.57 Å². The van der Waals surface area contributed by atoms with Crippen LogP contribution in [0.15, 0.2) is 36.4 Å². The minimum Gasteiger partial charge on any atom is -0.504 e. The molecule has 0 heterocycles. The topological polar surface area (TPSA) is 66.8 Å². The number of carbonyl (C=O) groups is 1. The molecule has 2 N–H and O–H groups in total. The van der Waals surface area contributed by atoms with Gasteiger partial charge in [-0.1, -0.05) is 18.7 Å². The van der Waals surface area contributed by atoms with E-state index in [4.69, 9.17) is 14.9 Å². The van der Waals surface area contributed by atoms with E-state index in [1.165, 1.54) is 6.92 Å². The van der Waals surface area contributed by atoms with Crippen LogP contribution in [0.5, 0.6) is 11.5 Å². The summed E-state index contributed by atoms with van der Waals surface area (Å²) in [5, 5.41) is 17.0. The minimum absolute atomic E-state index is 0.176. The summed E-state index contributed by atoms with van der Waals surface area (Å²) in [6.07, 6.45) is 0. The molecule has 0 bridgehead atoms. The summed E-state index contributed by atoms with van der Waals surface area (Å²) in [5.41, 5.74) is 0.176. The molecule has 0 fully saturated rings. The Morgan fingerprint density at radius 2 is 1.94 bits per heavy atom. The number of carboxylic acids is 1. The van der Waals surface area contributed by atoms with E-state index in [0.717, 1.165) is 0 Å². The number of hydrogen-bond donors (Lipinski definition) is 2. The number of rotatable bonds is 3. The Hall–Kier alpha value is -1.97. The lowest BCUT2D eigenvalue weighted by molar-refractivity contribution is -0.132. The fraction of sp³-hybridized carbons (Fsp3) is 0.250. The summed E-state index contributed by atoms with van der Waals surface area (Å²) in [6.45, 7) is 7.06. The van der Waals surface area contributed by atoms with Gasteiger partial charge in [-0.3, -0.25) is 0 Å². The first-order chi connectivity index (χ1) is 7.49. The van der Waals surface area contributed by atoms with Crippen molar-refractivity contribution in [2.45, 2.75) is 13.8 Å². The van der Waals surface area contributed by atoms with Gasteiger partial charge >= 0.3 is 5.97 Å². The van der Waals surface area contributed by atoms with Crippen LogP contribution in [0.3, 0.4) is 0 Å². The molecule has 0 aliphatic carbocycles. The molecule has 88 valence electrons. The van der Waals surface area contributed by atoms with Crippen LogP contribution >= 0.6 is 0 Å². The zero-order chi connectivity index (χ0) is 12.6. The highest BCUT2D eigenvalue weighted by Crippen LogP contribution is 2.23. The number of aliphatic carboxylic acids is 1. The first-order valence-corrected chi connectivity index (χ1v) is 4.78. The van der Waals surface area contributed by atoms with Crippen LogP contribution in [0.25, 0.3) is 0 Å². The number of ether oxygens (including phenoxy) is 1. The number of benzene rings is 1. The molecule has 0 aliphatic heterocycles. The number of aromatic hydroxyl groups is 1. The number of phenolic OH excluding ortho intramolecular Hbond substituents is 1. The van der Waals surface area contributed by atoms with Crippen molar-refractivity contribution in [3.63, 3.8) is 0 Å². The molecule has 1 rings (SSSR count). The highest BCUT2D eigenvalue weighted by Gasteiger charge is 1.96. The molecule has 1 aromatic carbocycles. The van der Waals surface area contributed by atoms with Crippen LogP contribution in [0.2, 0.25) is 0 Å². The highest BCUT2D eigenvalue weighted by atomic mass is 16.5. The Balaban J connectivity index is 0.000000325. The molecule has 0 unspecified atom stereocenters. The Bertz CT molecular complexity index is 346. The quantitative estimate of drug-likeness (QED) is 0.774. The van der Waals surface area contributed by atoms with Crippen molar-refractivity contribution in [3.8, 4) is 11.5 Å². The summed E-state index contributed by atoms with van der Waals surface area (Å²) in [6, 6.07) is 6.92. The molecular weight excluding hydrogens is 208 g/mol. The van der Waals surface area contributed by atoms with Crippen LogP contribution in [-0.2, 0) is 4.79 Å². The van der Waals surface area contributed by atoms with Gasteiger partial charge in [-0.15, -0.1) is 0 Å². The first-order valence-electron chi connectivity index (χ1n) is 4.78. The van der Waals surface area contributed by atoms with Crippen molar-refractivity contribution in [2.24, 2.45) is 0 Å². The standard InChI is InChI=1S/C8H10O2.C4H6O2/c1-2-10-8-6-4-3-5-7(8)9;1-3(2)4(5)6/h3-6,9H,2H2,1H3;1H2,2H3,(H,5,6). The Morgan fingerprint density at radius 1 is 1.44 bits per heavy atom. The second-order valence-electron chi connectivity index (χ2n) is 2.99. The van der Waals surface area contributed by atoms with Crippen LogP contribution < -0.4 is 4.74 Å². The number of carboxylic acid groups (broad SMARTS) is 1. The van der Waals surface area contributed by atoms with E-state index in [1.54, 1.807) is 18.2 Å². The van der Waals surface area contributed by atoms with Gasteiger partial charge in [0.25, 0.3) is 0 Å². The molecule has 0 amide bonds. The van der Waals surface area contributed by atoms with Crippen molar-refractivity contribution >= 4 is 5.97 Å². The molecule has 4 nitrogen and oxygen atoms in total. The molecule has 0 radical (unpaired) electrons. The molecule has 0 aromatic heterocycles. The van der Waals surface area contributed by atoms with Crippen molar-refractivity contribution in [3.05, 3.63) is 36.4 Å². The molecular formula is C12H16O4. The molecule has 0 saturated heterocycles. The van der Waals surface area contributed by atoms with Gasteiger partial charge in [0.2, 0.25) is 0 Å². The summed E-state index contributed by atoms with van der Waals surface area (Å²) in [4.78, 5) is 9.60. The predicted molar refractivity (Wildman–Crippen MR) is 61.7 cm³/mol. The predicted octanol–water partition coefficient (Wildman–Crippen LogP) is 2.44. The normalized spacial score (nSPS) is 8.62. The van der Waals surface area contributed by atoms with Crippen LogP contribution in [-0.4, -0.2) is 22.8 Å². The molecule has 0 saturated carbocycles. The average molecular weight is 224 g/mol. The Labute approximate surface area is 94.8 Å². The molecule has 4 heteroatoms. The lowest BCUT2D eigenvalue weighted by Gasteiger charge is -2.02. The van der Waals surface area contributed by atoms with E-state index in [1.807, 2.05) is 13.0 Å². The highest BCUT2D eigenvalue weighted by molar-refractivity contribution is 5.84.